The SMILES string of the molecule is Cc1ccc(S(=O)(=O)CN2CCC(=O)c3ccccc32)cc1. The minimum Gasteiger partial charge on any atom is -0.356 e. The smallest absolute Gasteiger partial charge is 0.196 e. The number of nitrogens with zero attached hydrogens (tertiary/aromatic N) is 1. The number of anilines is 1. The van der Waals surface area contributed by atoms with Gasteiger partial charge in [-0.3, -0.25) is 4.79 Å². The van der Waals surface area contributed by atoms with Gasteiger partial charge in [0.2, 0.25) is 0 Å². The number of ketones is 1. The van der Waals surface area contributed by atoms with Crippen molar-refractivity contribution in [1.29, 1.82) is 0 Å². The van der Waals surface area contributed by atoms with E-state index in [0.29, 0.717) is 29.1 Å². The Bertz CT molecular complexity index is 810. The molecule has 22 heavy (non-hydrogen) atoms. The molecule has 1 aliphatic rings. The molecule has 0 fully saturated rings. The van der Waals surface area contributed by atoms with Gasteiger partial charge in [-0.05, 0) is 31.2 Å². The molecule has 4 nitrogen and oxygen atoms in total. The summed E-state index contributed by atoms with van der Waals surface area (Å²) in [5, 5.41) is 0. The van der Waals surface area contributed by atoms with Crippen LogP contribution in [-0.4, -0.2) is 26.6 Å². The fraction of sp³-hybridized carbons (Fsp3) is 0.235. The van der Waals surface area contributed by atoms with Crippen molar-refractivity contribution in [3.05, 3.63) is 59.7 Å². The number of aryl methyl sites for hydroxylation is 1. The van der Waals surface area contributed by atoms with Crippen LogP contribution >= 0.6 is 0 Å². The third kappa shape index (κ3) is 2.76. The van der Waals surface area contributed by atoms with Crippen LogP contribution in [0.2, 0.25) is 0 Å². The molecule has 1 heterocycles. The number of Topliss-reactive ketones (excluding diaryl/α,β-unsaturated/α-hetero) is 1. The Morgan fingerprint density at radius 1 is 1.05 bits per heavy atom. The van der Waals surface area contributed by atoms with Crippen LogP contribution in [0, 0.1) is 6.92 Å². The molecule has 1 aliphatic heterocycles. The summed E-state index contributed by atoms with van der Waals surface area (Å²) < 4.78 is 25.2. The number of sulfone groups is 1. The van der Waals surface area contributed by atoms with E-state index in [1.807, 2.05) is 13.0 Å². The maximum atomic E-state index is 12.6. The molecule has 0 saturated carbocycles. The van der Waals surface area contributed by atoms with Crippen molar-refractivity contribution in [3.63, 3.8) is 0 Å². The summed E-state index contributed by atoms with van der Waals surface area (Å²) in [4.78, 5) is 14.0. The van der Waals surface area contributed by atoms with Crippen molar-refractivity contribution in [2.75, 3.05) is 17.3 Å². The molecule has 114 valence electrons. The van der Waals surface area contributed by atoms with Crippen molar-refractivity contribution >= 4 is 21.3 Å². The second kappa shape index (κ2) is 5.57. The highest BCUT2D eigenvalue weighted by atomic mass is 32.2. The van der Waals surface area contributed by atoms with Gasteiger partial charge in [0, 0.05) is 24.2 Å². The number of hydrogen-bond acceptors (Lipinski definition) is 4. The van der Waals surface area contributed by atoms with Gasteiger partial charge < -0.3 is 4.90 Å². The number of benzene rings is 2. The Kier molecular flexibility index (Phi) is 3.74. The fourth-order valence-electron chi connectivity index (χ4n) is 2.64. The molecular formula is C17H17NO3S. The van der Waals surface area contributed by atoms with Gasteiger partial charge in [0.25, 0.3) is 0 Å². The average molecular weight is 315 g/mol. The molecular weight excluding hydrogens is 298 g/mol. The molecule has 2 aromatic carbocycles. The molecule has 5 heteroatoms. The molecule has 0 radical (unpaired) electrons. The van der Waals surface area contributed by atoms with Gasteiger partial charge in [0.15, 0.2) is 15.6 Å². The van der Waals surface area contributed by atoms with Crippen LogP contribution in [0.1, 0.15) is 22.3 Å². The standard InChI is InChI=1S/C17H17NO3S/c1-13-6-8-14(9-7-13)22(20,21)12-18-11-10-17(19)15-4-2-3-5-16(15)18/h2-9H,10-12H2,1H3. The summed E-state index contributed by atoms with van der Waals surface area (Å²) in [6.07, 6.45) is 0.348. The highest BCUT2D eigenvalue weighted by Gasteiger charge is 2.26. The third-order valence-electron chi connectivity index (χ3n) is 3.86. The predicted octanol–water partition coefficient (Wildman–Crippen LogP) is 2.82. The van der Waals surface area contributed by atoms with Crippen LogP contribution < -0.4 is 4.90 Å². The molecule has 0 aliphatic carbocycles. The predicted molar refractivity (Wildman–Crippen MR) is 86.0 cm³/mol. The van der Waals surface area contributed by atoms with Crippen molar-refractivity contribution in [2.24, 2.45) is 0 Å². The Labute approximate surface area is 130 Å². The number of rotatable bonds is 3. The first kappa shape index (κ1) is 14.8. The summed E-state index contributed by atoms with van der Waals surface area (Å²) in [7, 11) is -3.42. The van der Waals surface area contributed by atoms with E-state index in [4.69, 9.17) is 0 Å². The monoisotopic (exact) mass is 315 g/mol. The van der Waals surface area contributed by atoms with E-state index in [9.17, 15) is 13.2 Å². The van der Waals surface area contributed by atoms with Gasteiger partial charge in [-0.2, -0.15) is 0 Å². The van der Waals surface area contributed by atoms with Crippen molar-refractivity contribution in [3.8, 4) is 0 Å². The van der Waals surface area contributed by atoms with Gasteiger partial charge >= 0.3 is 0 Å². The van der Waals surface area contributed by atoms with E-state index in [0.717, 1.165) is 5.56 Å². The Balaban J connectivity index is 1.92. The van der Waals surface area contributed by atoms with Gasteiger partial charge in [0.05, 0.1) is 4.90 Å². The molecule has 0 bridgehead atoms. The highest BCUT2D eigenvalue weighted by Crippen LogP contribution is 2.28. The molecule has 0 amide bonds. The summed E-state index contributed by atoms with van der Waals surface area (Å²) in [5.74, 6) is -0.0417. The summed E-state index contributed by atoms with van der Waals surface area (Å²) in [6.45, 7) is 2.35. The topological polar surface area (TPSA) is 54.5 Å². The fourth-order valence-corrected chi connectivity index (χ4v) is 4.01. The van der Waals surface area contributed by atoms with Gasteiger partial charge in [0.1, 0.15) is 5.88 Å². The van der Waals surface area contributed by atoms with Crippen molar-refractivity contribution in [2.45, 2.75) is 18.2 Å². The van der Waals surface area contributed by atoms with E-state index >= 15 is 0 Å². The maximum Gasteiger partial charge on any atom is 0.196 e. The molecule has 0 saturated heterocycles. The normalized spacial score (nSPS) is 14.8. The Morgan fingerprint density at radius 3 is 2.45 bits per heavy atom. The number of carbonyl (C=O) groups is 1. The second-order valence-corrected chi connectivity index (χ2v) is 7.47. The molecule has 0 atom stereocenters. The van der Waals surface area contributed by atoms with Gasteiger partial charge in [-0.1, -0.05) is 29.8 Å². The van der Waals surface area contributed by atoms with Crippen LogP contribution in [0.3, 0.4) is 0 Å². The summed E-state index contributed by atoms with van der Waals surface area (Å²) >= 11 is 0. The van der Waals surface area contributed by atoms with E-state index in [1.165, 1.54) is 0 Å². The summed E-state index contributed by atoms with van der Waals surface area (Å²) in [5.41, 5.74) is 2.33. The second-order valence-electron chi connectivity index (χ2n) is 5.51. The minimum absolute atomic E-state index is 0.0691. The molecule has 0 aromatic heterocycles. The minimum atomic E-state index is -3.42. The van der Waals surface area contributed by atoms with E-state index in [1.54, 1.807) is 47.4 Å². The number of hydrogen-bond donors (Lipinski definition) is 0. The first-order chi connectivity index (χ1) is 10.5. The number of carbonyl (C=O) groups excluding carboxylic acids is 1. The Hall–Kier alpha value is -2.14. The largest absolute Gasteiger partial charge is 0.356 e. The lowest BCUT2D eigenvalue weighted by Crippen LogP contribution is -2.36. The Morgan fingerprint density at radius 2 is 1.73 bits per heavy atom. The lowest BCUT2D eigenvalue weighted by molar-refractivity contribution is 0.0980. The van der Waals surface area contributed by atoms with E-state index in [2.05, 4.69) is 0 Å². The zero-order chi connectivity index (χ0) is 15.7. The number of para-hydroxylation sites is 1. The van der Waals surface area contributed by atoms with Gasteiger partial charge in [-0.15, -0.1) is 0 Å². The molecule has 3 rings (SSSR count). The molecule has 0 spiro atoms. The third-order valence-corrected chi connectivity index (χ3v) is 5.50. The lowest BCUT2D eigenvalue weighted by atomic mass is 10.0. The van der Waals surface area contributed by atoms with Crippen LogP contribution in [0.15, 0.2) is 53.4 Å². The van der Waals surface area contributed by atoms with E-state index in [-0.39, 0.29) is 11.7 Å². The summed E-state index contributed by atoms with van der Waals surface area (Å²) in [6, 6.07) is 14.0. The first-order valence-electron chi connectivity index (χ1n) is 7.14. The van der Waals surface area contributed by atoms with Crippen LogP contribution in [0.5, 0.6) is 0 Å². The zero-order valence-electron chi connectivity index (χ0n) is 12.3. The average Bonchev–Trinajstić information content (AvgIpc) is 2.51. The van der Waals surface area contributed by atoms with Crippen LogP contribution in [0.4, 0.5) is 5.69 Å². The van der Waals surface area contributed by atoms with Crippen molar-refractivity contribution < 1.29 is 13.2 Å². The maximum absolute atomic E-state index is 12.6. The lowest BCUT2D eigenvalue weighted by Gasteiger charge is -2.30. The molecule has 0 N–H and O–H groups in total. The van der Waals surface area contributed by atoms with Crippen LogP contribution in [0.25, 0.3) is 0 Å². The molecule has 0 unspecified atom stereocenters. The first-order valence-corrected chi connectivity index (χ1v) is 8.79. The zero-order valence-corrected chi connectivity index (χ0v) is 13.1. The van der Waals surface area contributed by atoms with Gasteiger partial charge in [-0.25, -0.2) is 8.42 Å². The van der Waals surface area contributed by atoms with E-state index < -0.39 is 9.84 Å². The quantitative estimate of drug-likeness (QED) is 0.874. The number of fused-ring (bicyclic) bond motifs is 1. The van der Waals surface area contributed by atoms with Crippen molar-refractivity contribution in [1.82, 2.24) is 0 Å². The molecule has 2 aromatic rings. The highest BCUT2D eigenvalue weighted by molar-refractivity contribution is 7.91. The van der Waals surface area contributed by atoms with Crippen LogP contribution in [-0.2, 0) is 9.84 Å².